The minimum Gasteiger partial charge on any atom is -0.379 e. The molecule has 2 rings (SSSR count). The van der Waals surface area contributed by atoms with Crippen LogP contribution in [0.1, 0.15) is 78.5 Å². The highest BCUT2D eigenvalue weighted by molar-refractivity contribution is 7.81. The second-order valence-electron chi connectivity index (χ2n) is 26.7. The Morgan fingerprint density at radius 2 is 0.336 bits per heavy atom. The van der Waals surface area contributed by atoms with Crippen LogP contribution < -0.4 is 21.3 Å². The maximum absolute atomic E-state index is 13.1. The molecule has 674 valence electrons. The summed E-state index contributed by atoms with van der Waals surface area (Å²) >= 11 is 11.5. The van der Waals surface area contributed by atoms with Crippen molar-refractivity contribution in [3.63, 3.8) is 0 Å². The molecule has 140 heavy (non-hydrogen) atoms. The number of nitrogens with zero attached hydrogens (tertiary/aromatic N) is 4. The van der Waals surface area contributed by atoms with Gasteiger partial charge in [0.25, 0.3) is 0 Å². The number of aliphatic hydroxyl groups excluding tert-OH is 8. The topological polar surface area (TPSA) is 257 Å². The first-order valence-corrected chi connectivity index (χ1v) is 42.3. The first-order valence-electron chi connectivity index (χ1n) is 41.5. The van der Waals surface area contributed by atoms with Crippen LogP contribution >= 0.6 is 24.4 Å². The lowest BCUT2D eigenvalue weighted by molar-refractivity contribution is -0.137. The van der Waals surface area contributed by atoms with Crippen molar-refractivity contribution < 1.29 is 51.9 Å². The molecule has 0 aromatic rings. The average molecular weight is 1860 g/mol. The number of nitrogens with one attached hydrogen (secondary N) is 4. The highest BCUT2D eigenvalue weighted by Gasteiger charge is 2.33. The van der Waals surface area contributed by atoms with Crippen LogP contribution in [-0.2, 0) is 9.59 Å². The second kappa shape index (κ2) is 85.1. The fourth-order valence-electron chi connectivity index (χ4n) is 10.7. The van der Waals surface area contributed by atoms with Gasteiger partial charge in [0.15, 0.2) is 0 Å². The van der Waals surface area contributed by atoms with Crippen molar-refractivity contribution in [2.75, 3.05) is 78.5 Å². The minimum absolute atomic E-state index is 0. The van der Waals surface area contributed by atoms with Gasteiger partial charge in [-0.25, -0.2) is 0 Å². The summed E-state index contributed by atoms with van der Waals surface area (Å²) in [4.78, 5) is 34.7. The average Bonchev–Trinajstić information content (AvgIpc) is 0.848. The molecule has 2 fully saturated rings. The second-order valence-corrected chi connectivity index (χ2v) is 27.6. The maximum atomic E-state index is 13.1. The predicted octanol–water partition coefficient (Wildman–Crippen LogP) is -2.26. The molecule has 2 heterocycles. The van der Waals surface area contributed by atoms with E-state index in [0.29, 0.717) is 100 Å². The first-order chi connectivity index (χ1) is 68.2. The Bertz CT molecular complexity index is 5970. The number of thiocarbonyl (C=S) groups is 2. The summed E-state index contributed by atoms with van der Waals surface area (Å²) in [6, 6.07) is -1.89. The number of carbonyl (C=O) groups excluding carboxylic acids is 2. The van der Waals surface area contributed by atoms with Gasteiger partial charge < -0.3 is 62.1 Å². The third-order valence-corrected chi connectivity index (χ3v) is 17.1. The molecule has 2 aliphatic heterocycles. The van der Waals surface area contributed by atoms with Crippen LogP contribution in [0.5, 0.6) is 0 Å². The van der Waals surface area contributed by atoms with Crippen molar-refractivity contribution in [3.8, 4) is 478 Å². The van der Waals surface area contributed by atoms with E-state index in [4.69, 9.17) is 75.8 Å². The molecule has 12 N–H and O–H groups in total. The van der Waals surface area contributed by atoms with Gasteiger partial charge in [0, 0.05) is 53.8 Å². The summed E-state index contributed by atoms with van der Waals surface area (Å²) in [7, 11) is 0. The zero-order valence-corrected chi connectivity index (χ0v) is 77.2. The van der Waals surface area contributed by atoms with Gasteiger partial charge in [-0.05, 0) is 482 Å². The highest BCUT2D eigenvalue weighted by atomic mass is 32.1. The van der Waals surface area contributed by atoms with Crippen molar-refractivity contribution in [1.82, 2.24) is 40.9 Å². The number of aliphatic hydroxyl groups is 8. The van der Waals surface area contributed by atoms with Gasteiger partial charge in [-0.15, -0.1) is 51.4 Å². The van der Waals surface area contributed by atoms with Gasteiger partial charge in [-0.3, -0.25) is 29.2 Å². The number of hydrogen-bond donors (Lipinski definition) is 12. The number of hydrogen-bond acceptors (Lipinski definition) is 16. The SMILES string of the molecule is C#CC#CC#CC#CC#CC(O)CN(CCCCC1NC(=O)C(CCCCN(CC(O)C#CC#CC#CC#CC#C)CC(O)C#CC#CC#CC#CC#C)NC1=O)CC(O)C#CC#CC#CC#CC#C.C#CC#CC#CC#CC#CC(O)CN(CCCCC1NC(=S)C(CCCCN(CC(O)C#CC#CC#CC#CC#C)CC(O)C#CC#CC#CC#CC#C)NC1=S)CC(O)C#CC#CC#CC#CC#C.[2HH]. The zero-order valence-electron chi connectivity index (χ0n) is 75.5. The molecule has 0 radical (unpaired) electrons. The summed E-state index contributed by atoms with van der Waals surface area (Å²) in [5.74, 6) is 176. The van der Waals surface area contributed by atoms with Gasteiger partial charge in [0.05, 0.1) is 22.1 Å². The molecule has 2 saturated heterocycles. The number of carbonyl (C=O) groups is 2. The Balaban J connectivity index is 0.00000276. The van der Waals surface area contributed by atoms with Crippen LogP contribution in [0, 0.1) is 478 Å². The van der Waals surface area contributed by atoms with Crippen molar-refractivity contribution in [3.05, 3.63) is 0 Å². The lowest BCUT2D eigenvalue weighted by Gasteiger charge is -2.34. The van der Waals surface area contributed by atoms with Gasteiger partial charge in [-0.1, -0.05) is 71.8 Å². The summed E-state index contributed by atoms with van der Waals surface area (Å²) in [6.07, 6.45) is 38.4. The van der Waals surface area contributed by atoms with Crippen molar-refractivity contribution >= 4 is 46.2 Å². The fraction of sp³-hybridized carbons (Fsp3) is 0.300. The third-order valence-electron chi connectivity index (χ3n) is 16.3. The van der Waals surface area contributed by atoms with Crippen molar-refractivity contribution in [1.29, 1.82) is 0 Å². The van der Waals surface area contributed by atoms with Gasteiger partial charge in [0.1, 0.15) is 60.9 Å². The van der Waals surface area contributed by atoms with Crippen LogP contribution in [0.2, 0.25) is 0 Å². The third kappa shape index (κ3) is 70.5. The van der Waals surface area contributed by atoms with Crippen LogP contribution in [0.15, 0.2) is 0 Å². The molecule has 0 saturated carbocycles. The Labute approximate surface area is 839 Å². The Kier molecular flexibility index (Phi) is 72.2. The molecule has 12 atom stereocenters. The van der Waals surface area contributed by atoms with E-state index >= 15 is 0 Å². The zero-order chi connectivity index (χ0) is 102. The van der Waals surface area contributed by atoms with E-state index in [1.54, 1.807) is 9.80 Å². The van der Waals surface area contributed by atoms with Crippen LogP contribution in [0.25, 0.3) is 0 Å². The summed E-state index contributed by atoms with van der Waals surface area (Å²) in [5.41, 5.74) is 0. The van der Waals surface area contributed by atoms with E-state index < -0.39 is 60.9 Å². The van der Waals surface area contributed by atoms with E-state index in [1.165, 1.54) is 0 Å². The largest absolute Gasteiger partial charge is 0.379 e. The molecule has 0 bridgehead atoms. The number of piperazine rings is 2. The van der Waals surface area contributed by atoms with Crippen molar-refractivity contribution in [2.24, 2.45) is 0 Å². The Morgan fingerprint density at radius 1 is 0.207 bits per heavy atom. The molecular weight excluding hydrogens is 1780 g/mol. The van der Waals surface area contributed by atoms with E-state index in [0.717, 1.165) is 12.8 Å². The standard InChI is InChI=1S/C60H40N4O6.C60H40N4O4S2.H2/c2*1-5-9-13-17-21-25-29-33-41-53(65)49-63(50-54(66)42-34-30-26-22-18-14-10-6-2)47-39-37-45-57-59(69)62-58(60(70)61-57)46-38-40-48-64(51-55(67)43-35-31-27-23-19-15-11-7-3)52-56(68)44-36-32-28-24-20-16-12-8-4;/h2*1-4,53-58,65-68H,37-40,45-52H2,(H,61,70)(H,62,69);1H/i;;1+1. The fourth-order valence-corrected chi connectivity index (χ4v) is 11.4. The van der Waals surface area contributed by atoms with Crippen LogP contribution in [-0.4, -0.2) is 234 Å². The van der Waals surface area contributed by atoms with Crippen LogP contribution in [0.4, 0.5) is 0 Å². The molecule has 20 heteroatoms. The predicted molar refractivity (Wildman–Crippen MR) is 554 cm³/mol. The summed E-state index contributed by atoms with van der Waals surface area (Å²) in [5, 5.41) is 97.4. The highest BCUT2D eigenvalue weighted by Crippen LogP contribution is 2.16. The quantitative estimate of drug-likeness (QED) is 0.0180. The molecule has 0 aromatic carbocycles. The normalized spacial score (nSPS) is 12.8. The summed E-state index contributed by atoms with van der Waals surface area (Å²) < 4.78 is 0. The van der Waals surface area contributed by atoms with Gasteiger partial charge in [-0.2, -0.15) is 0 Å². The van der Waals surface area contributed by atoms with E-state index in [9.17, 15) is 50.4 Å². The van der Waals surface area contributed by atoms with E-state index in [-0.39, 0.29) is 77.7 Å². The maximum Gasteiger partial charge on any atom is 0.243 e. The molecule has 2 aliphatic rings. The molecular formula is C120H82N8O10S2. The number of terminal acetylenes is 8. The number of amides is 2. The van der Waals surface area contributed by atoms with Gasteiger partial charge >= 0.3 is 0 Å². The summed E-state index contributed by atoms with van der Waals surface area (Å²) in [6.45, 7) is 2.35. The molecule has 12 unspecified atom stereocenters. The molecule has 0 aliphatic carbocycles. The minimum atomic E-state index is -1.14. The number of unbranched alkanes of at least 4 members (excludes halogenated alkanes) is 4. The van der Waals surface area contributed by atoms with Crippen molar-refractivity contribution in [2.45, 2.75) is 150 Å². The van der Waals surface area contributed by atoms with Gasteiger partial charge in [0.2, 0.25) is 11.8 Å². The lowest BCUT2D eigenvalue weighted by atomic mass is 10.0. The lowest BCUT2D eigenvalue weighted by Crippen LogP contribution is -2.61. The first kappa shape index (κ1) is 119. The molecule has 0 spiro atoms. The monoisotopic (exact) mass is 1860 g/mol. The van der Waals surface area contributed by atoms with Crippen LogP contribution in [0.3, 0.4) is 0 Å². The Hall–Kier alpha value is -19.4. The Morgan fingerprint density at radius 3 is 0.479 bits per heavy atom. The van der Waals surface area contributed by atoms with E-state index in [1.807, 2.05) is 9.80 Å². The smallest absolute Gasteiger partial charge is 0.243 e. The van der Waals surface area contributed by atoms with E-state index in [2.05, 4.69) is 448 Å². The molecule has 2 amide bonds. The number of rotatable bonds is 36. The molecule has 0 aromatic heterocycles. The molecule has 18 nitrogen and oxygen atoms in total.